The summed E-state index contributed by atoms with van der Waals surface area (Å²) in [4.78, 5) is 19.4. The summed E-state index contributed by atoms with van der Waals surface area (Å²) in [5, 5.41) is 0. The fourth-order valence-electron chi connectivity index (χ4n) is 3.34. The molecule has 11 heteroatoms. The average Bonchev–Trinajstić information content (AvgIpc) is 3.24. The number of sulfonamides is 1. The third-order valence-corrected chi connectivity index (χ3v) is 6.39. The van der Waals surface area contributed by atoms with E-state index in [1.165, 1.54) is 31.9 Å². The molecule has 3 aromatic rings. The van der Waals surface area contributed by atoms with Crippen LogP contribution in [0.1, 0.15) is 31.0 Å². The first-order chi connectivity index (χ1) is 14.9. The van der Waals surface area contributed by atoms with Gasteiger partial charge in [0.15, 0.2) is 11.7 Å². The highest BCUT2D eigenvalue weighted by Gasteiger charge is 2.19. The minimum atomic E-state index is -3.76. The molecule has 0 bridgehead atoms. The van der Waals surface area contributed by atoms with Gasteiger partial charge in [-0.05, 0) is 31.4 Å². The van der Waals surface area contributed by atoms with Crippen LogP contribution in [0.4, 0.5) is 5.95 Å². The zero-order chi connectivity index (χ0) is 21.8. The van der Waals surface area contributed by atoms with E-state index in [1.807, 2.05) is 0 Å². The molecule has 1 N–H and O–H groups in total. The van der Waals surface area contributed by atoms with E-state index in [4.69, 9.17) is 9.15 Å². The van der Waals surface area contributed by atoms with Crippen LogP contribution in [0.5, 0.6) is 6.01 Å². The summed E-state index contributed by atoms with van der Waals surface area (Å²) < 4.78 is 38.4. The molecule has 0 aliphatic carbocycles. The van der Waals surface area contributed by atoms with Crippen molar-refractivity contribution in [1.29, 1.82) is 0 Å². The van der Waals surface area contributed by atoms with Crippen LogP contribution in [0.25, 0.3) is 11.3 Å². The maximum atomic E-state index is 12.7. The Morgan fingerprint density at radius 2 is 1.81 bits per heavy atom. The van der Waals surface area contributed by atoms with Gasteiger partial charge in [-0.2, -0.15) is 15.0 Å². The fraction of sp³-hybridized carbons (Fsp3) is 0.400. The maximum Gasteiger partial charge on any atom is 0.321 e. The Kier molecular flexibility index (Phi) is 6.14. The van der Waals surface area contributed by atoms with Crippen LogP contribution in [0.2, 0.25) is 0 Å². The van der Waals surface area contributed by atoms with E-state index < -0.39 is 10.0 Å². The van der Waals surface area contributed by atoms with Crippen LogP contribution < -0.4 is 14.4 Å². The Balaban J connectivity index is 1.48. The first kappa shape index (κ1) is 21.2. The van der Waals surface area contributed by atoms with Gasteiger partial charge in [0.05, 0.1) is 18.6 Å². The van der Waals surface area contributed by atoms with E-state index in [-0.39, 0.29) is 17.5 Å². The number of nitrogens with zero attached hydrogens (tertiary/aromatic N) is 5. The zero-order valence-corrected chi connectivity index (χ0v) is 18.2. The lowest BCUT2D eigenvalue weighted by molar-refractivity contribution is 0.374. The summed E-state index contributed by atoms with van der Waals surface area (Å²) in [6.45, 7) is 3.39. The molecule has 1 saturated heterocycles. The second-order valence-electron chi connectivity index (χ2n) is 7.19. The van der Waals surface area contributed by atoms with Gasteiger partial charge in [0.1, 0.15) is 12.0 Å². The molecule has 31 heavy (non-hydrogen) atoms. The van der Waals surface area contributed by atoms with Gasteiger partial charge in [-0.25, -0.2) is 18.1 Å². The molecule has 0 saturated carbocycles. The molecule has 0 amide bonds. The smallest absolute Gasteiger partial charge is 0.321 e. The summed E-state index contributed by atoms with van der Waals surface area (Å²) in [6, 6.07) is 6.58. The van der Waals surface area contributed by atoms with E-state index in [9.17, 15) is 8.42 Å². The first-order valence-electron chi connectivity index (χ1n) is 10.0. The first-order valence-corrected chi connectivity index (χ1v) is 11.5. The highest BCUT2D eigenvalue weighted by atomic mass is 32.2. The van der Waals surface area contributed by atoms with Crippen LogP contribution in [0.3, 0.4) is 0 Å². The van der Waals surface area contributed by atoms with Crippen molar-refractivity contribution >= 4 is 16.0 Å². The van der Waals surface area contributed by atoms with E-state index in [0.717, 1.165) is 31.5 Å². The topological polar surface area (TPSA) is 123 Å². The lowest BCUT2D eigenvalue weighted by Crippen LogP contribution is -2.32. The number of benzene rings is 1. The lowest BCUT2D eigenvalue weighted by atomic mass is 10.1. The number of rotatable bonds is 7. The molecule has 1 aliphatic rings. The normalized spacial score (nSPS) is 14.6. The van der Waals surface area contributed by atoms with Crippen molar-refractivity contribution in [3.8, 4) is 17.3 Å². The van der Waals surface area contributed by atoms with E-state index in [1.54, 1.807) is 19.1 Å². The molecule has 0 spiro atoms. The van der Waals surface area contributed by atoms with E-state index >= 15 is 0 Å². The summed E-state index contributed by atoms with van der Waals surface area (Å²) >= 11 is 0. The number of aromatic nitrogens is 4. The molecule has 3 heterocycles. The molecule has 1 aliphatic heterocycles. The average molecular weight is 445 g/mol. The summed E-state index contributed by atoms with van der Waals surface area (Å²) in [5.41, 5.74) is 1.42. The predicted octanol–water partition coefficient (Wildman–Crippen LogP) is 2.31. The van der Waals surface area contributed by atoms with Crippen LogP contribution in [-0.2, 0) is 16.6 Å². The van der Waals surface area contributed by atoms with Crippen LogP contribution in [0, 0.1) is 6.92 Å². The Hall–Kier alpha value is -3.05. The molecule has 1 aromatic carbocycles. The summed E-state index contributed by atoms with van der Waals surface area (Å²) in [6.07, 6.45) is 4.85. The molecule has 0 unspecified atom stereocenters. The van der Waals surface area contributed by atoms with Gasteiger partial charge in [0.25, 0.3) is 0 Å². The Labute approximate surface area is 180 Å². The second kappa shape index (κ2) is 8.98. The Morgan fingerprint density at radius 1 is 1.06 bits per heavy atom. The van der Waals surface area contributed by atoms with Gasteiger partial charge >= 0.3 is 6.01 Å². The quantitative estimate of drug-likeness (QED) is 0.584. The minimum Gasteiger partial charge on any atom is -0.467 e. The number of hydrogen-bond donors (Lipinski definition) is 1. The van der Waals surface area contributed by atoms with E-state index in [0.29, 0.717) is 23.4 Å². The Bertz CT molecular complexity index is 1140. The molecule has 2 aromatic heterocycles. The van der Waals surface area contributed by atoms with Crippen molar-refractivity contribution in [2.45, 2.75) is 37.6 Å². The number of oxazole rings is 1. The van der Waals surface area contributed by atoms with Crippen molar-refractivity contribution in [3.05, 3.63) is 42.2 Å². The molecule has 164 valence electrons. The highest BCUT2D eigenvalue weighted by molar-refractivity contribution is 7.89. The number of aryl methyl sites for hydroxylation is 1. The molecule has 0 atom stereocenters. The third-order valence-electron chi connectivity index (χ3n) is 4.97. The van der Waals surface area contributed by atoms with Crippen molar-refractivity contribution in [1.82, 2.24) is 24.7 Å². The maximum absolute atomic E-state index is 12.7. The number of nitrogens with one attached hydrogen (secondary N) is 1. The van der Waals surface area contributed by atoms with Gasteiger partial charge in [0, 0.05) is 25.6 Å². The fourth-order valence-corrected chi connectivity index (χ4v) is 4.32. The van der Waals surface area contributed by atoms with Gasteiger partial charge in [-0.15, -0.1) is 0 Å². The number of anilines is 1. The van der Waals surface area contributed by atoms with Gasteiger partial charge in [-0.1, -0.05) is 12.1 Å². The molecular weight excluding hydrogens is 420 g/mol. The number of hydrogen-bond acceptors (Lipinski definition) is 9. The standard InChI is InChI=1S/C20H24N6O4S/c1-14-22-17(13-30-14)15-6-8-16(9-7-15)31(27,28)21-12-18-23-19(25-20(24-18)29-2)26-10-4-3-5-11-26/h6-9,13,21H,3-5,10-12H2,1-2H3. The number of piperidine rings is 1. The van der Waals surface area contributed by atoms with Gasteiger partial charge in [0.2, 0.25) is 16.0 Å². The molecule has 0 radical (unpaired) electrons. The monoisotopic (exact) mass is 444 g/mol. The van der Waals surface area contributed by atoms with Gasteiger partial charge in [-0.3, -0.25) is 0 Å². The zero-order valence-electron chi connectivity index (χ0n) is 17.4. The molecular formula is C20H24N6O4S. The summed E-state index contributed by atoms with van der Waals surface area (Å²) in [7, 11) is -2.28. The highest BCUT2D eigenvalue weighted by Crippen LogP contribution is 2.21. The van der Waals surface area contributed by atoms with Crippen molar-refractivity contribution in [2.75, 3.05) is 25.1 Å². The Morgan fingerprint density at radius 3 is 2.45 bits per heavy atom. The molecule has 1 fully saturated rings. The molecule has 10 nitrogen and oxygen atoms in total. The van der Waals surface area contributed by atoms with Crippen molar-refractivity contribution in [3.63, 3.8) is 0 Å². The lowest BCUT2D eigenvalue weighted by Gasteiger charge is -2.26. The number of methoxy groups -OCH3 is 1. The third kappa shape index (κ3) is 5.00. The van der Waals surface area contributed by atoms with Crippen LogP contribution in [-0.4, -0.2) is 48.6 Å². The van der Waals surface area contributed by atoms with Crippen LogP contribution in [0.15, 0.2) is 39.8 Å². The molecule has 4 rings (SSSR count). The van der Waals surface area contributed by atoms with E-state index in [2.05, 4.69) is 29.6 Å². The van der Waals surface area contributed by atoms with Crippen molar-refractivity contribution < 1.29 is 17.6 Å². The number of ether oxygens (including phenoxy) is 1. The second-order valence-corrected chi connectivity index (χ2v) is 8.95. The largest absolute Gasteiger partial charge is 0.467 e. The van der Waals surface area contributed by atoms with Gasteiger partial charge < -0.3 is 14.1 Å². The van der Waals surface area contributed by atoms with Crippen molar-refractivity contribution in [2.24, 2.45) is 0 Å². The minimum absolute atomic E-state index is 0.0771. The predicted molar refractivity (Wildman–Crippen MR) is 113 cm³/mol. The summed E-state index contributed by atoms with van der Waals surface area (Å²) in [5.74, 6) is 1.35. The van der Waals surface area contributed by atoms with Crippen LogP contribution >= 0.6 is 0 Å². The SMILES string of the molecule is COc1nc(CNS(=O)(=O)c2ccc(-c3coc(C)n3)cc2)nc(N2CCCCC2)n1.